The van der Waals surface area contributed by atoms with Gasteiger partial charge in [-0.05, 0) is 41.9 Å². The van der Waals surface area contributed by atoms with Crippen molar-refractivity contribution >= 4 is 21.9 Å². The topological polar surface area (TPSA) is 88.9 Å². The molecule has 5 rings (SSSR count). The number of hydrogen-bond donors (Lipinski definition) is 2. The summed E-state index contributed by atoms with van der Waals surface area (Å²) in [5.74, 6) is -0.639. The first-order valence-corrected chi connectivity index (χ1v) is 11.8. The second kappa shape index (κ2) is 7.71. The van der Waals surface area contributed by atoms with Crippen molar-refractivity contribution in [2.75, 3.05) is 7.11 Å². The lowest BCUT2D eigenvalue weighted by molar-refractivity contribution is -0.143. The molecule has 1 unspecified atom stereocenters. The summed E-state index contributed by atoms with van der Waals surface area (Å²) in [6.07, 6.45) is 12.3. The molecule has 2 N–H and O–H groups in total. The van der Waals surface area contributed by atoms with E-state index in [1.165, 1.54) is 7.11 Å². The van der Waals surface area contributed by atoms with Gasteiger partial charge in [0.05, 0.1) is 25.1 Å². The van der Waals surface area contributed by atoms with E-state index in [9.17, 15) is 15.0 Å². The first-order valence-electron chi connectivity index (χ1n) is 11.0. The van der Waals surface area contributed by atoms with Gasteiger partial charge in [0.1, 0.15) is 17.1 Å². The van der Waals surface area contributed by atoms with E-state index in [1.807, 2.05) is 36.4 Å². The molecule has 3 aliphatic rings. The van der Waals surface area contributed by atoms with Crippen molar-refractivity contribution in [3.05, 3.63) is 76.6 Å². The highest BCUT2D eigenvalue weighted by Gasteiger charge is 2.74. The highest BCUT2D eigenvalue weighted by molar-refractivity contribution is 9.10. The number of aromatic nitrogens is 1. The predicted octanol–water partition coefficient (Wildman–Crippen LogP) is 4.96. The smallest absolute Gasteiger partial charge is 0.303 e. The summed E-state index contributed by atoms with van der Waals surface area (Å²) in [5.41, 5.74) is -1.80. The molecule has 172 valence electrons. The molecule has 0 bridgehead atoms. The Hall–Kier alpha value is -2.64. The van der Waals surface area contributed by atoms with Gasteiger partial charge >= 0.3 is 5.97 Å². The molecule has 6 nitrogen and oxygen atoms in total. The van der Waals surface area contributed by atoms with Gasteiger partial charge in [-0.2, -0.15) is 0 Å². The molecule has 1 aliphatic heterocycles. The molecule has 0 amide bonds. The number of fused-ring (bicyclic) bond motifs is 3. The summed E-state index contributed by atoms with van der Waals surface area (Å²) in [6, 6.07) is 7.74. The number of allylic oxidation sites excluding steroid dienone is 4. The molecule has 2 aliphatic carbocycles. The number of hydrogen-bond acceptors (Lipinski definition) is 5. The highest BCUT2D eigenvalue weighted by Crippen LogP contribution is 2.71. The first kappa shape index (κ1) is 22.2. The average molecular weight is 512 g/mol. The lowest BCUT2D eigenvalue weighted by Gasteiger charge is -2.48. The van der Waals surface area contributed by atoms with Gasteiger partial charge in [0, 0.05) is 16.8 Å². The number of ether oxygens (including phenoxy) is 2. The van der Waals surface area contributed by atoms with Crippen LogP contribution in [0.2, 0.25) is 0 Å². The van der Waals surface area contributed by atoms with Crippen LogP contribution in [0.3, 0.4) is 0 Å². The van der Waals surface area contributed by atoms with Gasteiger partial charge in [0.2, 0.25) is 0 Å². The summed E-state index contributed by atoms with van der Waals surface area (Å²) in [5, 5.41) is 22.4. The third kappa shape index (κ3) is 3.09. The maximum atomic E-state index is 12.6. The van der Waals surface area contributed by atoms with Gasteiger partial charge < -0.3 is 19.7 Å². The third-order valence-corrected chi connectivity index (χ3v) is 8.09. The standard InChI is InChI=1S/C26H26BrNO5/c1-24(10-4-3-5-11-24)23-16(12-21(29)30)13-25(31)22-19(32-2)14-28-15-20(22)33-26(23,25)17-6-8-18(27)9-7-17/h3-10,14-16,23,31H,11-13H2,1-2H3,(H,29,30)/t16-,23-,24?,25+,26-/m0/s1. The molecular weight excluding hydrogens is 486 g/mol. The lowest BCUT2D eigenvalue weighted by Crippen LogP contribution is -2.53. The fourth-order valence-corrected chi connectivity index (χ4v) is 6.74. The number of benzene rings is 1. The van der Waals surface area contributed by atoms with Crippen molar-refractivity contribution in [2.45, 2.75) is 37.4 Å². The molecule has 1 saturated carbocycles. The maximum absolute atomic E-state index is 12.6. The quantitative estimate of drug-likeness (QED) is 0.589. The van der Waals surface area contributed by atoms with Crippen LogP contribution in [-0.2, 0) is 16.0 Å². The molecule has 2 heterocycles. The van der Waals surface area contributed by atoms with Crippen molar-refractivity contribution in [3.8, 4) is 11.5 Å². The third-order valence-electron chi connectivity index (χ3n) is 7.56. The van der Waals surface area contributed by atoms with Crippen LogP contribution in [0.1, 0.15) is 37.3 Å². The monoisotopic (exact) mass is 511 g/mol. The van der Waals surface area contributed by atoms with Crippen LogP contribution >= 0.6 is 15.9 Å². The summed E-state index contributed by atoms with van der Waals surface area (Å²) in [4.78, 5) is 16.2. The Kier molecular flexibility index (Phi) is 5.18. The molecular formula is C26H26BrNO5. The Labute approximate surface area is 201 Å². The van der Waals surface area contributed by atoms with Crippen LogP contribution in [0.5, 0.6) is 11.5 Å². The van der Waals surface area contributed by atoms with Crippen LogP contribution in [0.25, 0.3) is 0 Å². The molecule has 0 radical (unpaired) electrons. The Morgan fingerprint density at radius 1 is 1.27 bits per heavy atom. The van der Waals surface area contributed by atoms with Crippen molar-refractivity contribution in [2.24, 2.45) is 17.3 Å². The zero-order valence-corrected chi connectivity index (χ0v) is 20.1. The Balaban J connectivity index is 1.81. The van der Waals surface area contributed by atoms with E-state index in [2.05, 4.69) is 40.0 Å². The Morgan fingerprint density at radius 2 is 2.03 bits per heavy atom. The van der Waals surface area contributed by atoms with Gasteiger partial charge in [-0.3, -0.25) is 9.78 Å². The van der Waals surface area contributed by atoms with E-state index in [0.717, 1.165) is 10.0 Å². The predicted molar refractivity (Wildman–Crippen MR) is 126 cm³/mol. The van der Waals surface area contributed by atoms with Crippen LogP contribution in [0, 0.1) is 17.3 Å². The van der Waals surface area contributed by atoms with Gasteiger partial charge in [0.15, 0.2) is 5.60 Å². The zero-order chi connectivity index (χ0) is 23.4. The highest BCUT2D eigenvalue weighted by atomic mass is 79.9. The molecule has 1 aromatic carbocycles. The number of carboxylic acid groups (broad SMARTS) is 1. The lowest BCUT2D eigenvalue weighted by atomic mass is 9.60. The van der Waals surface area contributed by atoms with Gasteiger partial charge in [-0.1, -0.05) is 59.3 Å². The number of aliphatic hydroxyl groups is 1. The molecule has 0 saturated heterocycles. The van der Waals surface area contributed by atoms with E-state index in [-0.39, 0.29) is 24.7 Å². The average Bonchev–Trinajstić information content (AvgIpc) is 3.17. The fourth-order valence-electron chi connectivity index (χ4n) is 6.48. The van der Waals surface area contributed by atoms with Crippen molar-refractivity contribution in [1.82, 2.24) is 4.98 Å². The number of halogens is 1. The number of rotatable bonds is 5. The molecule has 2 aromatic rings. The van der Waals surface area contributed by atoms with Crippen LogP contribution in [0.15, 0.2) is 65.4 Å². The normalized spacial score (nSPS) is 33.9. The minimum atomic E-state index is -1.49. The number of carboxylic acids is 1. The minimum Gasteiger partial charge on any atom is -0.495 e. The second-order valence-electron chi connectivity index (χ2n) is 9.46. The Bertz CT molecular complexity index is 1160. The maximum Gasteiger partial charge on any atom is 0.303 e. The largest absolute Gasteiger partial charge is 0.495 e. The molecule has 7 heteroatoms. The fraction of sp³-hybridized carbons (Fsp3) is 0.385. The van der Waals surface area contributed by atoms with E-state index in [1.54, 1.807) is 12.4 Å². The summed E-state index contributed by atoms with van der Waals surface area (Å²) >= 11 is 3.50. The molecule has 5 atom stereocenters. The van der Waals surface area contributed by atoms with E-state index in [0.29, 0.717) is 23.5 Å². The van der Waals surface area contributed by atoms with Crippen molar-refractivity contribution < 1.29 is 24.5 Å². The van der Waals surface area contributed by atoms with Crippen LogP contribution in [0.4, 0.5) is 0 Å². The number of pyridine rings is 1. The van der Waals surface area contributed by atoms with Gasteiger partial charge in [-0.15, -0.1) is 0 Å². The number of nitrogens with zero attached hydrogens (tertiary/aromatic N) is 1. The van der Waals surface area contributed by atoms with Crippen LogP contribution in [-0.4, -0.2) is 28.3 Å². The van der Waals surface area contributed by atoms with E-state index < -0.39 is 22.6 Å². The van der Waals surface area contributed by atoms with Gasteiger partial charge in [-0.25, -0.2) is 0 Å². The summed E-state index contributed by atoms with van der Waals surface area (Å²) in [7, 11) is 1.54. The molecule has 1 aromatic heterocycles. The number of methoxy groups -OCH3 is 1. The van der Waals surface area contributed by atoms with Crippen LogP contribution < -0.4 is 9.47 Å². The minimum absolute atomic E-state index is 0.0650. The van der Waals surface area contributed by atoms with E-state index >= 15 is 0 Å². The first-order chi connectivity index (χ1) is 15.7. The van der Waals surface area contributed by atoms with Gasteiger partial charge in [0.25, 0.3) is 0 Å². The second-order valence-corrected chi connectivity index (χ2v) is 10.4. The zero-order valence-electron chi connectivity index (χ0n) is 18.5. The van der Waals surface area contributed by atoms with E-state index in [4.69, 9.17) is 9.47 Å². The summed E-state index contributed by atoms with van der Waals surface area (Å²) < 4.78 is 13.3. The molecule has 1 fully saturated rings. The molecule has 0 spiro atoms. The molecule has 33 heavy (non-hydrogen) atoms. The summed E-state index contributed by atoms with van der Waals surface area (Å²) in [6.45, 7) is 2.13. The van der Waals surface area contributed by atoms with Crippen molar-refractivity contribution in [3.63, 3.8) is 0 Å². The number of carbonyl (C=O) groups is 1. The number of aliphatic carboxylic acids is 1. The van der Waals surface area contributed by atoms with Crippen molar-refractivity contribution in [1.29, 1.82) is 0 Å². The Morgan fingerprint density at radius 3 is 2.67 bits per heavy atom. The SMILES string of the molecule is COc1cncc2c1[C@]1(O)C[C@H](CC(=O)O)[C@@H](C3(C)C=CC=CC3)[C@]1(c1ccc(Br)cc1)O2.